The lowest BCUT2D eigenvalue weighted by atomic mass is 10.0. The number of Topliss-reactive ketones (excluding diaryl/α,β-unsaturated/α-hetero) is 1. The average Bonchev–Trinajstić information content (AvgIpc) is 2.91. The Balaban J connectivity index is 2.17. The van der Waals surface area contributed by atoms with Gasteiger partial charge >= 0.3 is 0 Å². The van der Waals surface area contributed by atoms with Crippen LogP contribution in [0.25, 0.3) is 0 Å². The second-order valence-electron chi connectivity index (χ2n) is 5.19. The number of anilines is 1. The average molecular weight is 345 g/mol. The van der Waals surface area contributed by atoms with Gasteiger partial charge in [0.25, 0.3) is 0 Å². The van der Waals surface area contributed by atoms with E-state index in [-0.39, 0.29) is 0 Å². The van der Waals surface area contributed by atoms with Crippen molar-refractivity contribution in [2.24, 2.45) is 5.92 Å². The number of hydrogen-bond donors (Lipinski definition) is 1. The second-order valence-corrected chi connectivity index (χ2v) is 6.28. The number of thiazole rings is 1. The lowest BCUT2D eigenvalue weighted by Gasteiger charge is -2.09. The Morgan fingerprint density at radius 1 is 1.38 bits per heavy atom. The van der Waals surface area contributed by atoms with Crippen LogP contribution < -0.4 is 5.32 Å². The van der Waals surface area contributed by atoms with Crippen molar-refractivity contribution in [3.8, 4) is 6.07 Å². The molecule has 0 saturated heterocycles. The topological polar surface area (TPSA) is 82.8 Å². The van der Waals surface area contributed by atoms with E-state index in [2.05, 4.69) is 10.3 Å². The predicted octanol–water partition coefficient (Wildman–Crippen LogP) is 3.50. The smallest absolute Gasteiger partial charge is 0.249 e. The molecule has 124 valence electrons. The quantitative estimate of drug-likeness (QED) is 0.641. The van der Waals surface area contributed by atoms with Gasteiger partial charge in [0, 0.05) is 5.69 Å². The predicted molar refractivity (Wildman–Crippen MR) is 89.3 cm³/mol. The maximum atomic E-state index is 12.9. The van der Waals surface area contributed by atoms with E-state index in [9.17, 15) is 19.2 Å². The van der Waals surface area contributed by atoms with Crippen LogP contribution in [0.2, 0.25) is 0 Å². The number of nitrogens with one attached hydrogen (secondary N) is 1. The van der Waals surface area contributed by atoms with E-state index < -0.39 is 23.4 Å². The zero-order valence-electron chi connectivity index (χ0n) is 13.3. The SMILES string of the molecule is CCCc1nc(C)c(C(=O)[C@H](C#N)C(=O)Nc2ccc(F)cc2)s1. The zero-order valence-corrected chi connectivity index (χ0v) is 14.1. The highest BCUT2D eigenvalue weighted by Gasteiger charge is 2.30. The lowest BCUT2D eigenvalue weighted by Crippen LogP contribution is -2.28. The fourth-order valence-electron chi connectivity index (χ4n) is 2.12. The van der Waals surface area contributed by atoms with Gasteiger partial charge in [-0.25, -0.2) is 9.37 Å². The fraction of sp³-hybridized carbons (Fsp3) is 0.294. The van der Waals surface area contributed by atoms with Gasteiger partial charge in [-0.3, -0.25) is 9.59 Å². The molecule has 1 aromatic carbocycles. The Kier molecular flexibility index (Phi) is 5.77. The molecule has 0 bridgehead atoms. The summed E-state index contributed by atoms with van der Waals surface area (Å²) in [6, 6.07) is 6.84. The van der Waals surface area contributed by atoms with Crippen LogP contribution in [0, 0.1) is 30.0 Å². The Hall–Kier alpha value is -2.59. The number of benzene rings is 1. The number of halogens is 1. The first-order valence-electron chi connectivity index (χ1n) is 7.42. The van der Waals surface area contributed by atoms with Crippen molar-refractivity contribution in [3.63, 3.8) is 0 Å². The summed E-state index contributed by atoms with van der Waals surface area (Å²) in [6.07, 6.45) is 1.64. The highest BCUT2D eigenvalue weighted by molar-refractivity contribution is 7.13. The number of nitriles is 1. The molecule has 0 aliphatic carbocycles. The summed E-state index contributed by atoms with van der Waals surface area (Å²) in [6.45, 7) is 3.70. The third kappa shape index (κ3) is 4.03. The molecule has 5 nitrogen and oxygen atoms in total. The first-order valence-corrected chi connectivity index (χ1v) is 8.24. The monoisotopic (exact) mass is 345 g/mol. The molecule has 1 N–H and O–H groups in total. The van der Waals surface area contributed by atoms with Gasteiger partial charge in [0.1, 0.15) is 5.82 Å². The van der Waals surface area contributed by atoms with Crippen molar-refractivity contribution in [1.29, 1.82) is 5.26 Å². The number of amides is 1. The Bertz CT molecular complexity index is 793. The Labute approximate surface area is 143 Å². The molecule has 2 rings (SSSR count). The number of ketones is 1. The summed E-state index contributed by atoms with van der Waals surface area (Å²) in [5.74, 6) is -3.21. The zero-order chi connectivity index (χ0) is 17.7. The van der Waals surface area contributed by atoms with Crippen LogP contribution in [0.3, 0.4) is 0 Å². The normalized spacial score (nSPS) is 11.6. The standard InChI is InChI=1S/C17H16FN3O2S/c1-3-4-14-20-10(2)16(24-14)15(22)13(9-19)17(23)21-12-7-5-11(18)6-8-12/h5-8,13H,3-4H2,1-2H3,(H,21,23)/t13-/m0/s1. The number of carbonyl (C=O) groups is 2. The van der Waals surface area contributed by atoms with Crippen molar-refractivity contribution in [2.45, 2.75) is 26.7 Å². The first-order chi connectivity index (χ1) is 11.5. The first kappa shape index (κ1) is 17.8. The molecule has 2 aromatic rings. The van der Waals surface area contributed by atoms with E-state index in [4.69, 9.17) is 0 Å². The van der Waals surface area contributed by atoms with Gasteiger partial charge in [0.2, 0.25) is 11.7 Å². The number of hydrogen-bond acceptors (Lipinski definition) is 5. The van der Waals surface area contributed by atoms with Crippen LogP contribution in [0.1, 0.15) is 33.7 Å². The molecular formula is C17H16FN3O2S. The van der Waals surface area contributed by atoms with Gasteiger partial charge in [-0.2, -0.15) is 5.26 Å². The van der Waals surface area contributed by atoms with Gasteiger partial charge in [-0.15, -0.1) is 11.3 Å². The molecule has 1 atom stereocenters. The maximum Gasteiger partial charge on any atom is 0.249 e. The van der Waals surface area contributed by atoms with Crippen molar-refractivity contribution in [1.82, 2.24) is 4.98 Å². The highest BCUT2D eigenvalue weighted by Crippen LogP contribution is 2.23. The van der Waals surface area contributed by atoms with Gasteiger partial charge in [-0.1, -0.05) is 6.92 Å². The second kappa shape index (κ2) is 7.79. The molecule has 24 heavy (non-hydrogen) atoms. The van der Waals surface area contributed by atoms with Crippen LogP contribution in [0.5, 0.6) is 0 Å². The molecule has 1 aromatic heterocycles. The molecule has 0 aliphatic rings. The molecule has 0 fully saturated rings. The molecule has 0 aliphatic heterocycles. The van der Waals surface area contributed by atoms with Crippen molar-refractivity contribution in [3.05, 3.63) is 45.7 Å². The summed E-state index contributed by atoms with van der Waals surface area (Å²) >= 11 is 1.22. The number of nitrogens with zero attached hydrogens (tertiary/aromatic N) is 2. The van der Waals surface area contributed by atoms with E-state index in [1.807, 2.05) is 6.92 Å². The van der Waals surface area contributed by atoms with Gasteiger partial charge in [0.05, 0.1) is 21.6 Å². The molecule has 7 heteroatoms. The summed E-state index contributed by atoms with van der Waals surface area (Å²) in [4.78, 5) is 29.4. The van der Waals surface area contributed by atoms with E-state index >= 15 is 0 Å². The van der Waals surface area contributed by atoms with Gasteiger partial charge < -0.3 is 5.32 Å². The van der Waals surface area contributed by atoms with Crippen LogP contribution in [-0.2, 0) is 11.2 Å². The van der Waals surface area contributed by atoms with Crippen molar-refractivity contribution >= 4 is 28.7 Å². The van der Waals surface area contributed by atoms with E-state index in [0.717, 1.165) is 17.8 Å². The number of aryl methyl sites for hydroxylation is 2. The minimum absolute atomic E-state index is 0.321. The van der Waals surface area contributed by atoms with Crippen molar-refractivity contribution in [2.75, 3.05) is 5.32 Å². The van der Waals surface area contributed by atoms with Crippen molar-refractivity contribution < 1.29 is 14.0 Å². The summed E-state index contributed by atoms with van der Waals surface area (Å²) in [5.41, 5.74) is 0.852. The van der Waals surface area contributed by atoms with Crippen LogP contribution >= 0.6 is 11.3 Å². The van der Waals surface area contributed by atoms with Gasteiger partial charge in [-0.05, 0) is 44.0 Å². The number of carbonyl (C=O) groups excluding carboxylic acids is 2. The minimum atomic E-state index is -1.47. The van der Waals surface area contributed by atoms with Crippen LogP contribution in [0.4, 0.5) is 10.1 Å². The van der Waals surface area contributed by atoms with E-state index in [1.54, 1.807) is 13.0 Å². The summed E-state index contributed by atoms with van der Waals surface area (Å²) < 4.78 is 12.9. The lowest BCUT2D eigenvalue weighted by molar-refractivity contribution is -0.117. The third-order valence-electron chi connectivity index (χ3n) is 3.29. The molecular weight excluding hydrogens is 329 g/mol. The van der Waals surface area contributed by atoms with Crippen LogP contribution in [-0.4, -0.2) is 16.7 Å². The molecule has 1 heterocycles. The molecule has 0 radical (unpaired) electrons. The summed E-state index contributed by atoms with van der Waals surface area (Å²) in [5, 5.41) is 12.5. The third-order valence-corrected chi connectivity index (χ3v) is 4.53. The number of rotatable bonds is 6. The Morgan fingerprint density at radius 3 is 2.62 bits per heavy atom. The van der Waals surface area contributed by atoms with E-state index in [1.165, 1.54) is 35.6 Å². The summed E-state index contributed by atoms with van der Waals surface area (Å²) in [7, 11) is 0. The van der Waals surface area contributed by atoms with Gasteiger partial charge in [0.15, 0.2) is 5.92 Å². The molecule has 0 unspecified atom stereocenters. The fourth-order valence-corrected chi connectivity index (χ4v) is 3.25. The molecule has 1 amide bonds. The maximum absolute atomic E-state index is 12.9. The highest BCUT2D eigenvalue weighted by atomic mass is 32.1. The molecule has 0 spiro atoms. The van der Waals surface area contributed by atoms with Crippen LogP contribution in [0.15, 0.2) is 24.3 Å². The largest absolute Gasteiger partial charge is 0.325 e. The van der Waals surface area contributed by atoms with E-state index in [0.29, 0.717) is 16.3 Å². The number of aromatic nitrogens is 1. The molecule has 0 saturated carbocycles. The Morgan fingerprint density at radius 2 is 2.04 bits per heavy atom. The minimum Gasteiger partial charge on any atom is -0.325 e.